The maximum absolute atomic E-state index is 13.2. The average molecular weight is 451 g/mol. The van der Waals surface area contributed by atoms with Gasteiger partial charge in [-0.2, -0.15) is 0 Å². The molecule has 0 aliphatic rings. The van der Waals surface area contributed by atoms with Gasteiger partial charge >= 0.3 is 0 Å². The minimum absolute atomic E-state index is 0.181. The Hall–Kier alpha value is -3.58. The highest BCUT2D eigenvalue weighted by molar-refractivity contribution is 7.10. The van der Waals surface area contributed by atoms with Gasteiger partial charge in [0.25, 0.3) is 11.8 Å². The molecule has 32 heavy (non-hydrogen) atoms. The molecule has 0 bridgehead atoms. The van der Waals surface area contributed by atoms with Crippen molar-refractivity contribution in [1.29, 1.82) is 0 Å². The van der Waals surface area contributed by atoms with Crippen LogP contribution in [0.2, 0.25) is 0 Å². The van der Waals surface area contributed by atoms with Gasteiger partial charge in [0.15, 0.2) is 11.5 Å². The summed E-state index contributed by atoms with van der Waals surface area (Å²) in [5.74, 6) is 0.488. The topological polar surface area (TPSA) is 76.7 Å². The fourth-order valence-corrected chi connectivity index (χ4v) is 3.84. The van der Waals surface area contributed by atoms with E-state index in [4.69, 9.17) is 9.47 Å². The number of carbonyl (C=O) groups is 2. The molecule has 0 saturated heterocycles. The molecule has 3 aromatic rings. The summed E-state index contributed by atoms with van der Waals surface area (Å²) < 4.78 is 10.7. The van der Waals surface area contributed by atoms with Crippen molar-refractivity contribution in [3.05, 3.63) is 87.7 Å². The number of hydrogen-bond acceptors (Lipinski definition) is 5. The minimum atomic E-state index is -0.371. The first kappa shape index (κ1) is 23.1. The summed E-state index contributed by atoms with van der Waals surface area (Å²) in [7, 11) is 3.15. The zero-order chi connectivity index (χ0) is 22.9. The van der Waals surface area contributed by atoms with Gasteiger partial charge in [-0.15, -0.1) is 11.3 Å². The third-order valence-corrected chi connectivity index (χ3v) is 5.70. The lowest BCUT2D eigenvalue weighted by Gasteiger charge is -2.20. The maximum atomic E-state index is 13.2. The molecular formula is C25H26N2O4S. The third kappa shape index (κ3) is 5.76. The summed E-state index contributed by atoms with van der Waals surface area (Å²) in [6.45, 7) is 1.98. The second-order valence-corrected chi connectivity index (χ2v) is 7.92. The van der Waals surface area contributed by atoms with Crippen molar-refractivity contribution in [3.63, 3.8) is 0 Å². The molecule has 0 unspecified atom stereocenters. The van der Waals surface area contributed by atoms with Gasteiger partial charge < -0.3 is 20.1 Å². The molecule has 0 aliphatic heterocycles. The Morgan fingerprint density at radius 3 is 2.38 bits per heavy atom. The Morgan fingerprint density at radius 2 is 1.75 bits per heavy atom. The lowest BCUT2D eigenvalue weighted by Crippen LogP contribution is -2.36. The Morgan fingerprint density at radius 1 is 1.00 bits per heavy atom. The largest absolute Gasteiger partial charge is 0.493 e. The van der Waals surface area contributed by atoms with E-state index in [0.717, 1.165) is 10.4 Å². The van der Waals surface area contributed by atoms with Gasteiger partial charge in [-0.25, -0.2) is 0 Å². The van der Waals surface area contributed by atoms with Crippen LogP contribution < -0.4 is 20.1 Å². The first-order valence-electron chi connectivity index (χ1n) is 10.2. The van der Waals surface area contributed by atoms with Gasteiger partial charge in [0, 0.05) is 10.4 Å². The van der Waals surface area contributed by atoms with Crippen LogP contribution in [0.4, 0.5) is 0 Å². The highest BCUT2D eigenvalue weighted by atomic mass is 32.1. The van der Waals surface area contributed by atoms with E-state index < -0.39 is 0 Å². The van der Waals surface area contributed by atoms with Crippen LogP contribution in [-0.4, -0.2) is 26.0 Å². The quantitative estimate of drug-likeness (QED) is 0.459. The predicted molar refractivity (Wildman–Crippen MR) is 127 cm³/mol. The van der Waals surface area contributed by atoms with Gasteiger partial charge in [0.05, 0.1) is 20.3 Å². The molecule has 0 saturated carbocycles. The number of nitrogens with one attached hydrogen (secondary N) is 2. The summed E-state index contributed by atoms with van der Waals surface area (Å²) in [6.07, 6.45) is 2.34. The van der Waals surface area contributed by atoms with Crippen molar-refractivity contribution >= 4 is 29.2 Å². The fourth-order valence-electron chi connectivity index (χ4n) is 3.18. The van der Waals surface area contributed by atoms with Crippen LogP contribution in [0, 0.1) is 0 Å². The van der Waals surface area contributed by atoms with E-state index in [0.29, 0.717) is 23.5 Å². The highest BCUT2D eigenvalue weighted by Crippen LogP contribution is 2.31. The molecule has 6 nitrogen and oxygen atoms in total. The van der Waals surface area contributed by atoms with Gasteiger partial charge in [-0.1, -0.05) is 37.3 Å². The van der Waals surface area contributed by atoms with Gasteiger partial charge in [-0.05, 0) is 53.8 Å². The van der Waals surface area contributed by atoms with Crippen LogP contribution in [0.5, 0.6) is 11.5 Å². The number of methoxy groups -OCH3 is 2. The normalized spacial score (nSPS) is 12.0. The van der Waals surface area contributed by atoms with Crippen LogP contribution in [0.15, 0.2) is 71.7 Å². The minimum Gasteiger partial charge on any atom is -0.493 e. The van der Waals surface area contributed by atoms with E-state index in [9.17, 15) is 9.59 Å². The Balaban J connectivity index is 1.84. The van der Waals surface area contributed by atoms with Crippen molar-refractivity contribution < 1.29 is 19.1 Å². The monoisotopic (exact) mass is 450 g/mol. The zero-order valence-electron chi connectivity index (χ0n) is 18.3. The van der Waals surface area contributed by atoms with E-state index in [2.05, 4.69) is 10.6 Å². The van der Waals surface area contributed by atoms with Crippen molar-refractivity contribution in [2.24, 2.45) is 0 Å². The van der Waals surface area contributed by atoms with Gasteiger partial charge in [0.2, 0.25) is 0 Å². The summed E-state index contributed by atoms with van der Waals surface area (Å²) in [4.78, 5) is 26.8. The Labute approximate surface area is 191 Å². The van der Waals surface area contributed by atoms with Crippen molar-refractivity contribution in [2.75, 3.05) is 14.2 Å². The number of carbonyl (C=O) groups excluding carboxylic acids is 2. The lowest BCUT2D eigenvalue weighted by molar-refractivity contribution is -0.118. The van der Waals surface area contributed by atoms with Gasteiger partial charge in [-0.3, -0.25) is 9.59 Å². The summed E-state index contributed by atoms with van der Waals surface area (Å²) in [5.41, 5.74) is 1.54. The Kier molecular flexibility index (Phi) is 8.05. The van der Waals surface area contributed by atoms with Crippen LogP contribution >= 0.6 is 11.3 Å². The van der Waals surface area contributed by atoms with Crippen LogP contribution in [0.3, 0.4) is 0 Å². The molecule has 0 aliphatic carbocycles. The number of amides is 2. The zero-order valence-corrected chi connectivity index (χ0v) is 19.1. The lowest BCUT2D eigenvalue weighted by atomic mass is 10.0. The first-order valence-corrected chi connectivity index (χ1v) is 11.1. The summed E-state index contributed by atoms with van der Waals surface area (Å²) in [5, 5.41) is 7.71. The molecule has 3 rings (SSSR count). The summed E-state index contributed by atoms with van der Waals surface area (Å²) in [6, 6.07) is 17.8. The summed E-state index contributed by atoms with van der Waals surface area (Å²) >= 11 is 1.48. The van der Waals surface area contributed by atoms with Crippen LogP contribution in [-0.2, 0) is 4.79 Å². The highest BCUT2D eigenvalue weighted by Gasteiger charge is 2.20. The molecule has 1 aromatic heterocycles. The number of hydrogen-bond donors (Lipinski definition) is 2. The molecule has 7 heteroatoms. The van der Waals surface area contributed by atoms with Crippen LogP contribution in [0.1, 0.15) is 40.2 Å². The number of rotatable bonds is 9. The molecule has 1 atom stereocenters. The smallest absolute Gasteiger partial charge is 0.268 e. The number of thiophene rings is 1. The van der Waals surface area contributed by atoms with Crippen molar-refractivity contribution in [1.82, 2.24) is 10.6 Å². The van der Waals surface area contributed by atoms with E-state index in [1.54, 1.807) is 44.6 Å². The molecule has 2 aromatic carbocycles. The van der Waals surface area contributed by atoms with Crippen molar-refractivity contribution in [3.8, 4) is 11.5 Å². The third-order valence-electron chi connectivity index (χ3n) is 4.88. The molecule has 2 N–H and O–H groups in total. The van der Waals surface area contributed by atoms with E-state index in [1.807, 2.05) is 48.7 Å². The van der Waals surface area contributed by atoms with E-state index >= 15 is 0 Å². The molecule has 2 amide bonds. The fraction of sp³-hybridized carbons (Fsp3) is 0.200. The predicted octanol–water partition coefficient (Wildman–Crippen LogP) is 4.80. The van der Waals surface area contributed by atoms with E-state index in [1.165, 1.54) is 11.3 Å². The first-order chi connectivity index (χ1) is 15.5. The Bertz CT molecular complexity index is 1080. The molecular weight excluding hydrogens is 424 g/mol. The second-order valence-electron chi connectivity index (χ2n) is 6.94. The average Bonchev–Trinajstić information content (AvgIpc) is 3.35. The molecule has 1 heterocycles. The SMILES string of the molecule is CC[C@@H](NC(=O)/C(=C/c1cccs1)NC(=O)c1ccccc1)c1ccc(OC)c(OC)c1. The number of benzene rings is 2. The maximum Gasteiger partial charge on any atom is 0.268 e. The molecule has 0 radical (unpaired) electrons. The number of ether oxygens (including phenoxy) is 2. The van der Waals surface area contributed by atoms with Crippen LogP contribution in [0.25, 0.3) is 6.08 Å². The standard InChI is InChI=1S/C25H26N2O4S/c1-4-20(18-12-13-22(30-2)23(15-18)31-3)26-25(29)21(16-19-11-8-14-32-19)27-24(28)17-9-6-5-7-10-17/h5-16,20H,4H2,1-3H3,(H,26,29)(H,27,28)/b21-16-/t20-/m1/s1. The molecule has 0 spiro atoms. The second kappa shape index (κ2) is 11.2. The molecule has 0 fully saturated rings. The van der Waals surface area contributed by atoms with Gasteiger partial charge in [0.1, 0.15) is 5.70 Å². The van der Waals surface area contributed by atoms with E-state index in [-0.39, 0.29) is 23.6 Å². The van der Waals surface area contributed by atoms with Crippen molar-refractivity contribution in [2.45, 2.75) is 19.4 Å². The molecule has 166 valence electrons.